The monoisotopic (exact) mass is 315 g/mol. The summed E-state index contributed by atoms with van der Waals surface area (Å²) in [6, 6.07) is 5.67. The molecule has 0 aromatic heterocycles. The van der Waals surface area contributed by atoms with Crippen LogP contribution in [0.15, 0.2) is 24.3 Å². The molecule has 122 valence electrons. The van der Waals surface area contributed by atoms with Gasteiger partial charge in [-0.05, 0) is 38.3 Å². The SMILES string of the molecule is CC(C)OC(=O)CN(Cc1ccccc1C(F)(F)F)C1CC1. The van der Waals surface area contributed by atoms with Gasteiger partial charge in [0.25, 0.3) is 0 Å². The minimum absolute atomic E-state index is 0.0229. The molecule has 1 aromatic carbocycles. The summed E-state index contributed by atoms with van der Waals surface area (Å²) in [6.45, 7) is 3.62. The molecule has 2 rings (SSSR count). The standard InChI is InChI=1S/C16H20F3NO2/c1-11(2)22-15(21)10-20(13-7-8-13)9-12-5-3-4-6-14(12)16(17,18)19/h3-6,11,13H,7-10H2,1-2H3. The van der Waals surface area contributed by atoms with E-state index in [0.717, 1.165) is 18.9 Å². The molecule has 1 aromatic rings. The molecule has 0 radical (unpaired) electrons. The Hall–Kier alpha value is -1.56. The van der Waals surface area contributed by atoms with Gasteiger partial charge in [-0.1, -0.05) is 18.2 Å². The van der Waals surface area contributed by atoms with Gasteiger partial charge in [-0.3, -0.25) is 9.69 Å². The molecule has 1 aliphatic rings. The van der Waals surface area contributed by atoms with E-state index in [0.29, 0.717) is 0 Å². The van der Waals surface area contributed by atoms with Gasteiger partial charge in [0.15, 0.2) is 0 Å². The van der Waals surface area contributed by atoms with Crippen molar-refractivity contribution in [1.29, 1.82) is 0 Å². The lowest BCUT2D eigenvalue weighted by Crippen LogP contribution is -2.34. The highest BCUT2D eigenvalue weighted by atomic mass is 19.4. The number of alkyl halides is 3. The summed E-state index contributed by atoms with van der Waals surface area (Å²) >= 11 is 0. The highest BCUT2D eigenvalue weighted by Gasteiger charge is 2.36. The van der Waals surface area contributed by atoms with Crippen LogP contribution in [0.3, 0.4) is 0 Å². The van der Waals surface area contributed by atoms with E-state index in [1.807, 2.05) is 0 Å². The first kappa shape index (κ1) is 16.8. The number of esters is 1. The van der Waals surface area contributed by atoms with Crippen molar-refractivity contribution in [2.45, 2.75) is 51.6 Å². The van der Waals surface area contributed by atoms with Crippen LogP contribution in [0.25, 0.3) is 0 Å². The molecule has 0 amide bonds. The van der Waals surface area contributed by atoms with Crippen molar-refractivity contribution >= 4 is 5.97 Å². The lowest BCUT2D eigenvalue weighted by Gasteiger charge is -2.23. The van der Waals surface area contributed by atoms with Crippen molar-refractivity contribution in [3.8, 4) is 0 Å². The number of rotatable bonds is 6. The van der Waals surface area contributed by atoms with Gasteiger partial charge in [0.1, 0.15) is 0 Å². The van der Waals surface area contributed by atoms with E-state index in [1.165, 1.54) is 12.1 Å². The van der Waals surface area contributed by atoms with Gasteiger partial charge in [-0.25, -0.2) is 0 Å². The van der Waals surface area contributed by atoms with Gasteiger partial charge in [0, 0.05) is 12.6 Å². The third-order valence-corrected chi connectivity index (χ3v) is 3.46. The Labute approximate surface area is 128 Å². The highest BCUT2D eigenvalue weighted by Crippen LogP contribution is 2.34. The second kappa shape index (κ2) is 6.69. The first-order chi connectivity index (χ1) is 10.3. The molecule has 0 N–H and O–H groups in total. The summed E-state index contributed by atoms with van der Waals surface area (Å²) in [7, 11) is 0. The second-order valence-electron chi connectivity index (χ2n) is 5.83. The minimum atomic E-state index is -4.38. The van der Waals surface area contributed by atoms with Gasteiger partial charge in [0.2, 0.25) is 0 Å². The van der Waals surface area contributed by atoms with Crippen molar-refractivity contribution < 1.29 is 22.7 Å². The lowest BCUT2D eigenvalue weighted by atomic mass is 10.1. The summed E-state index contributed by atoms with van der Waals surface area (Å²) in [4.78, 5) is 13.6. The smallest absolute Gasteiger partial charge is 0.416 e. The molecule has 0 aliphatic heterocycles. The van der Waals surface area contributed by atoms with E-state index >= 15 is 0 Å². The number of hydrogen-bond acceptors (Lipinski definition) is 3. The molecule has 0 unspecified atom stereocenters. The fraction of sp³-hybridized carbons (Fsp3) is 0.562. The number of ether oxygens (including phenoxy) is 1. The van der Waals surface area contributed by atoms with Gasteiger partial charge < -0.3 is 4.74 Å². The number of benzene rings is 1. The molecule has 3 nitrogen and oxygen atoms in total. The Kier molecular flexibility index (Phi) is 5.11. The average molecular weight is 315 g/mol. The Balaban J connectivity index is 2.11. The quantitative estimate of drug-likeness (QED) is 0.751. The first-order valence-electron chi connectivity index (χ1n) is 7.36. The maximum Gasteiger partial charge on any atom is 0.416 e. The van der Waals surface area contributed by atoms with E-state index in [2.05, 4.69) is 0 Å². The largest absolute Gasteiger partial charge is 0.462 e. The summed E-state index contributed by atoms with van der Waals surface area (Å²) < 4.78 is 44.2. The van der Waals surface area contributed by atoms with E-state index in [9.17, 15) is 18.0 Å². The molecule has 22 heavy (non-hydrogen) atoms. The van der Waals surface area contributed by atoms with Crippen LogP contribution in [0.1, 0.15) is 37.8 Å². The highest BCUT2D eigenvalue weighted by molar-refractivity contribution is 5.72. The maximum atomic E-state index is 13.0. The summed E-state index contributed by atoms with van der Waals surface area (Å²) in [5, 5.41) is 0. The summed E-state index contributed by atoms with van der Waals surface area (Å²) in [5.41, 5.74) is -0.447. The Bertz CT molecular complexity index is 524. The zero-order valence-corrected chi connectivity index (χ0v) is 12.7. The zero-order chi connectivity index (χ0) is 16.3. The van der Waals surface area contributed by atoms with Crippen LogP contribution >= 0.6 is 0 Å². The van der Waals surface area contributed by atoms with Crippen LogP contribution in [0, 0.1) is 0 Å². The van der Waals surface area contributed by atoms with Crippen LogP contribution < -0.4 is 0 Å². The Morgan fingerprint density at radius 1 is 1.32 bits per heavy atom. The Morgan fingerprint density at radius 2 is 1.95 bits per heavy atom. The van der Waals surface area contributed by atoms with Gasteiger partial charge >= 0.3 is 12.1 Å². The van der Waals surface area contributed by atoms with E-state index in [1.54, 1.807) is 24.8 Å². The van der Waals surface area contributed by atoms with Crippen LogP contribution in [0.2, 0.25) is 0 Å². The van der Waals surface area contributed by atoms with Gasteiger partial charge in [-0.15, -0.1) is 0 Å². The van der Waals surface area contributed by atoms with Crippen LogP contribution in [-0.4, -0.2) is 29.6 Å². The fourth-order valence-corrected chi connectivity index (χ4v) is 2.37. The third-order valence-electron chi connectivity index (χ3n) is 3.46. The molecule has 0 atom stereocenters. The molecule has 0 spiro atoms. The van der Waals surface area contributed by atoms with Crippen molar-refractivity contribution in [1.82, 2.24) is 4.90 Å². The molecule has 1 fully saturated rings. The third kappa shape index (κ3) is 4.73. The molecule has 1 aliphatic carbocycles. The van der Waals surface area contributed by atoms with Crippen LogP contribution in [0.5, 0.6) is 0 Å². The molecule has 0 heterocycles. The van der Waals surface area contributed by atoms with E-state index < -0.39 is 17.7 Å². The summed E-state index contributed by atoms with van der Waals surface area (Å²) in [5.74, 6) is -0.397. The van der Waals surface area contributed by atoms with Crippen LogP contribution in [0.4, 0.5) is 13.2 Å². The molecule has 0 bridgehead atoms. The Morgan fingerprint density at radius 3 is 2.50 bits per heavy atom. The minimum Gasteiger partial charge on any atom is -0.462 e. The second-order valence-corrected chi connectivity index (χ2v) is 5.83. The number of halogens is 3. The predicted molar refractivity (Wildman–Crippen MR) is 76.1 cm³/mol. The predicted octanol–water partition coefficient (Wildman–Crippen LogP) is 3.62. The normalized spacial score (nSPS) is 15.4. The number of hydrogen-bond donors (Lipinski definition) is 0. The molecule has 0 saturated heterocycles. The maximum absolute atomic E-state index is 13.0. The first-order valence-corrected chi connectivity index (χ1v) is 7.36. The average Bonchev–Trinajstić information content (AvgIpc) is 3.20. The number of carbonyl (C=O) groups is 1. The van der Waals surface area contributed by atoms with E-state index in [-0.39, 0.29) is 30.8 Å². The van der Waals surface area contributed by atoms with Crippen molar-refractivity contribution in [3.05, 3.63) is 35.4 Å². The molecule has 6 heteroatoms. The molecule has 1 saturated carbocycles. The molecular formula is C16H20F3NO2. The van der Waals surface area contributed by atoms with Crippen molar-refractivity contribution in [2.75, 3.05) is 6.54 Å². The number of carbonyl (C=O) groups excluding carboxylic acids is 1. The van der Waals surface area contributed by atoms with Crippen molar-refractivity contribution in [3.63, 3.8) is 0 Å². The lowest BCUT2D eigenvalue weighted by molar-refractivity contribution is -0.149. The van der Waals surface area contributed by atoms with Crippen molar-refractivity contribution in [2.24, 2.45) is 0 Å². The topological polar surface area (TPSA) is 29.5 Å². The zero-order valence-electron chi connectivity index (χ0n) is 12.7. The summed E-state index contributed by atoms with van der Waals surface area (Å²) in [6.07, 6.45) is -2.80. The number of nitrogens with zero attached hydrogens (tertiary/aromatic N) is 1. The van der Waals surface area contributed by atoms with Gasteiger partial charge in [-0.2, -0.15) is 13.2 Å². The van der Waals surface area contributed by atoms with E-state index in [4.69, 9.17) is 4.74 Å². The molecular weight excluding hydrogens is 295 g/mol. The van der Waals surface area contributed by atoms with Gasteiger partial charge in [0.05, 0.1) is 18.2 Å². The van der Waals surface area contributed by atoms with Crippen LogP contribution in [-0.2, 0) is 22.3 Å². The fourth-order valence-electron chi connectivity index (χ4n) is 2.37.